The number of aromatic hydroxyl groups is 1. The van der Waals surface area contributed by atoms with Crippen LogP contribution in [0.4, 0.5) is 8.78 Å². The zero-order valence-corrected chi connectivity index (χ0v) is 10.5. The summed E-state index contributed by atoms with van der Waals surface area (Å²) in [6.07, 6.45) is 3.46. The van der Waals surface area contributed by atoms with Crippen LogP contribution in [0.15, 0.2) is 30.6 Å². The Morgan fingerprint density at radius 3 is 2.53 bits per heavy atom. The Balaban J connectivity index is 1.98. The number of hydrogen-bond donors (Lipinski definition) is 2. The van der Waals surface area contributed by atoms with Crippen LogP contribution in [0.5, 0.6) is 5.75 Å². The molecule has 2 aromatic rings. The molecule has 5 heteroatoms. The van der Waals surface area contributed by atoms with Gasteiger partial charge in [0.05, 0.1) is 0 Å². The van der Waals surface area contributed by atoms with E-state index < -0.39 is 17.4 Å². The molecule has 0 aliphatic carbocycles. The van der Waals surface area contributed by atoms with Crippen LogP contribution in [0.2, 0.25) is 0 Å². The van der Waals surface area contributed by atoms with E-state index >= 15 is 0 Å². The van der Waals surface area contributed by atoms with Gasteiger partial charge in [0.15, 0.2) is 17.4 Å². The minimum absolute atomic E-state index is 0.315. The fraction of sp³-hybridized carbons (Fsp3) is 0.214. The van der Waals surface area contributed by atoms with Crippen LogP contribution >= 0.6 is 0 Å². The molecule has 2 N–H and O–H groups in total. The lowest BCUT2D eigenvalue weighted by Crippen LogP contribution is -2.14. The third kappa shape index (κ3) is 3.26. The molecular weight excluding hydrogens is 250 g/mol. The average Bonchev–Trinajstić information content (AvgIpc) is 2.38. The summed E-state index contributed by atoms with van der Waals surface area (Å²) in [6.45, 7) is 2.85. The van der Waals surface area contributed by atoms with Gasteiger partial charge in [-0.15, -0.1) is 0 Å². The van der Waals surface area contributed by atoms with Crippen LogP contribution in [0.3, 0.4) is 0 Å². The van der Waals surface area contributed by atoms with Crippen molar-refractivity contribution in [1.29, 1.82) is 0 Å². The number of pyridine rings is 1. The van der Waals surface area contributed by atoms with Crippen LogP contribution in [0.1, 0.15) is 16.7 Å². The highest BCUT2D eigenvalue weighted by molar-refractivity contribution is 5.30. The average molecular weight is 264 g/mol. The van der Waals surface area contributed by atoms with Gasteiger partial charge in [-0.2, -0.15) is 0 Å². The number of phenolic OH excluding ortho intramolecular Hbond substituents is 1. The number of aromatic nitrogens is 1. The molecular formula is C14H14F2N2O. The topological polar surface area (TPSA) is 45.2 Å². The number of nitrogens with one attached hydrogen (secondary N) is 1. The summed E-state index contributed by atoms with van der Waals surface area (Å²) in [4.78, 5) is 3.99. The van der Waals surface area contributed by atoms with E-state index in [-0.39, 0.29) is 0 Å². The number of aryl methyl sites for hydroxylation is 1. The highest BCUT2D eigenvalue weighted by Crippen LogP contribution is 2.21. The maximum absolute atomic E-state index is 13.1. The van der Waals surface area contributed by atoms with Gasteiger partial charge in [-0.05, 0) is 41.8 Å². The maximum atomic E-state index is 13.1. The van der Waals surface area contributed by atoms with Crippen molar-refractivity contribution in [2.75, 3.05) is 0 Å². The van der Waals surface area contributed by atoms with Crippen LogP contribution in [-0.4, -0.2) is 10.1 Å². The molecule has 0 bridgehead atoms. The standard InChI is InChI=1S/C14H14F2N2O/c1-9-6-17-3-2-11(9)8-18-7-10-4-12(15)14(19)13(16)5-10/h2-6,18-19H,7-8H2,1H3. The van der Waals surface area contributed by atoms with Gasteiger partial charge < -0.3 is 10.4 Å². The molecule has 0 saturated carbocycles. The number of halogens is 2. The molecule has 0 atom stereocenters. The number of hydrogen-bond acceptors (Lipinski definition) is 3. The molecule has 1 aromatic carbocycles. The molecule has 0 spiro atoms. The van der Waals surface area contributed by atoms with E-state index in [1.807, 2.05) is 13.0 Å². The first kappa shape index (κ1) is 13.4. The van der Waals surface area contributed by atoms with Crippen molar-refractivity contribution in [3.05, 3.63) is 58.9 Å². The van der Waals surface area contributed by atoms with Crippen LogP contribution in [-0.2, 0) is 13.1 Å². The number of nitrogens with zero attached hydrogens (tertiary/aromatic N) is 1. The molecule has 0 radical (unpaired) electrons. The lowest BCUT2D eigenvalue weighted by molar-refractivity contribution is 0.395. The molecule has 100 valence electrons. The molecule has 0 fully saturated rings. The van der Waals surface area contributed by atoms with Crippen molar-refractivity contribution in [2.45, 2.75) is 20.0 Å². The fourth-order valence-electron chi connectivity index (χ4n) is 1.76. The second-order valence-corrected chi connectivity index (χ2v) is 4.31. The van der Waals surface area contributed by atoms with E-state index in [4.69, 9.17) is 5.11 Å². The minimum Gasteiger partial charge on any atom is -0.503 e. The molecule has 19 heavy (non-hydrogen) atoms. The van der Waals surface area contributed by atoms with E-state index in [1.165, 1.54) is 0 Å². The third-order valence-corrected chi connectivity index (χ3v) is 2.86. The van der Waals surface area contributed by atoms with Crippen molar-refractivity contribution in [1.82, 2.24) is 10.3 Å². The monoisotopic (exact) mass is 264 g/mol. The third-order valence-electron chi connectivity index (χ3n) is 2.86. The highest BCUT2D eigenvalue weighted by atomic mass is 19.1. The summed E-state index contributed by atoms with van der Waals surface area (Å²) in [7, 11) is 0. The Labute approximate surface area is 109 Å². The van der Waals surface area contributed by atoms with Gasteiger partial charge in [-0.1, -0.05) is 0 Å². The van der Waals surface area contributed by atoms with Crippen molar-refractivity contribution in [2.24, 2.45) is 0 Å². The van der Waals surface area contributed by atoms with Crippen LogP contribution in [0, 0.1) is 18.6 Å². The summed E-state index contributed by atoms with van der Waals surface area (Å²) < 4.78 is 26.3. The van der Waals surface area contributed by atoms with Crippen molar-refractivity contribution in [3.8, 4) is 5.75 Å². The molecule has 1 aromatic heterocycles. The van der Waals surface area contributed by atoms with Crippen molar-refractivity contribution in [3.63, 3.8) is 0 Å². The Morgan fingerprint density at radius 1 is 1.21 bits per heavy atom. The van der Waals surface area contributed by atoms with Gasteiger partial charge in [0.2, 0.25) is 0 Å². The largest absolute Gasteiger partial charge is 0.503 e. The second kappa shape index (κ2) is 5.75. The zero-order valence-electron chi connectivity index (χ0n) is 10.5. The van der Waals surface area contributed by atoms with E-state index in [0.29, 0.717) is 18.7 Å². The molecule has 3 nitrogen and oxygen atoms in total. The normalized spacial score (nSPS) is 10.7. The highest BCUT2D eigenvalue weighted by Gasteiger charge is 2.09. The van der Waals surface area contributed by atoms with Crippen LogP contribution < -0.4 is 5.32 Å². The SMILES string of the molecule is Cc1cnccc1CNCc1cc(F)c(O)c(F)c1. The maximum Gasteiger partial charge on any atom is 0.187 e. The van der Waals surface area contributed by atoms with Crippen LogP contribution in [0.25, 0.3) is 0 Å². The van der Waals surface area contributed by atoms with E-state index in [2.05, 4.69) is 10.3 Å². The van der Waals surface area contributed by atoms with Gasteiger partial charge in [0.25, 0.3) is 0 Å². The molecule has 2 rings (SSSR count). The molecule has 0 unspecified atom stereocenters. The first-order valence-corrected chi connectivity index (χ1v) is 5.85. The number of rotatable bonds is 4. The van der Waals surface area contributed by atoms with E-state index in [1.54, 1.807) is 12.4 Å². The summed E-state index contributed by atoms with van der Waals surface area (Å²) in [5.74, 6) is -2.83. The van der Waals surface area contributed by atoms with E-state index in [0.717, 1.165) is 23.3 Å². The fourth-order valence-corrected chi connectivity index (χ4v) is 1.76. The molecule has 0 aliphatic heterocycles. The summed E-state index contributed by atoms with van der Waals surface area (Å²) >= 11 is 0. The molecule has 0 saturated heterocycles. The summed E-state index contributed by atoms with van der Waals surface area (Å²) in [5, 5.41) is 12.1. The number of phenols is 1. The predicted molar refractivity (Wildman–Crippen MR) is 67.5 cm³/mol. The quantitative estimate of drug-likeness (QED) is 0.892. The smallest absolute Gasteiger partial charge is 0.187 e. The van der Waals surface area contributed by atoms with Gasteiger partial charge in [0, 0.05) is 25.5 Å². The predicted octanol–water partition coefficient (Wildman–Crippen LogP) is 2.66. The summed E-state index contributed by atoms with van der Waals surface area (Å²) in [5.41, 5.74) is 2.58. The molecule has 0 amide bonds. The Morgan fingerprint density at radius 2 is 1.89 bits per heavy atom. The minimum atomic E-state index is -0.947. The Hall–Kier alpha value is -2.01. The molecule has 1 heterocycles. The first-order chi connectivity index (χ1) is 9.08. The van der Waals surface area contributed by atoms with Crippen molar-refractivity contribution < 1.29 is 13.9 Å². The second-order valence-electron chi connectivity index (χ2n) is 4.31. The van der Waals surface area contributed by atoms with Gasteiger partial charge >= 0.3 is 0 Å². The Bertz CT molecular complexity index is 564. The zero-order chi connectivity index (χ0) is 13.8. The van der Waals surface area contributed by atoms with Gasteiger partial charge in [-0.25, -0.2) is 8.78 Å². The van der Waals surface area contributed by atoms with Crippen molar-refractivity contribution >= 4 is 0 Å². The molecule has 0 aliphatic rings. The van der Waals surface area contributed by atoms with E-state index in [9.17, 15) is 8.78 Å². The first-order valence-electron chi connectivity index (χ1n) is 5.85. The summed E-state index contributed by atoms with van der Waals surface area (Å²) in [6, 6.07) is 4.12. The Kier molecular flexibility index (Phi) is 4.06. The van der Waals surface area contributed by atoms with Gasteiger partial charge in [0.1, 0.15) is 0 Å². The van der Waals surface area contributed by atoms with Gasteiger partial charge in [-0.3, -0.25) is 4.98 Å². The number of benzene rings is 1. The lowest BCUT2D eigenvalue weighted by atomic mass is 10.1. The lowest BCUT2D eigenvalue weighted by Gasteiger charge is -2.08.